The predicted octanol–water partition coefficient (Wildman–Crippen LogP) is 3.84. The first-order valence-corrected chi connectivity index (χ1v) is 8.32. The molecule has 0 spiro atoms. The second kappa shape index (κ2) is 5.73. The standard InChI is InChI=1S/C19H23N3/c1-22(19-4-2-3-10-21-19)16-8-7-15-9-11-20-18(17(15)13-16)12-14-5-6-14/h2-4,7-8,10,13-14,18,20H,5-6,9,11-12H2,1H3. The number of anilines is 2. The molecule has 0 amide bonds. The van der Waals surface area contributed by atoms with E-state index >= 15 is 0 Å². The average molecular weight is 293 g/mol. The summed E-state index contributed by atoms with van der Waals surface area (Å²) in [5, 5.41) is 3.72. The first kappa shape index (κ1) is 13.8. The van der Waals surface area contributed by atoms with Crippen molar-refractivity contribution in [1.82, 2.24) is 10.3 Å². The number of hydrogen-bond donors (Lipinski definition) is 1. The summed E-state index contributed by atoms with van der Waals surface area (Å²) in [4.78, 5) is 6.62. The van der Waals surface area contributed by atoms with Gasteiger partial charge in [0.05, 0.1) is 0 Å². The third kappa shape index (κ3) is 2.73. The van der Waals surface area contributed by atoms with E-state index in [1.807, 2.05) is 18.3 Å². The third-order valence-corrected chi connectivity index (χ3v) is 4.94. The highest BCUT2D eigenvalue weighted by Crippen LogP contribution is 2.40. The minimum Gasteiger partial charge on any atom is -0.329 e. The molecule has 1 N–H and O–H groups in total. The zero-order valence-corrected chi connectivity index (χ0v) is 13.1. The molecule has 1 fully saturated rings. The van der Waals surface area contributed by atoms with Gasteiger partial charge in [-0.15, -0.1) is 0 Å². The lowest BCUT2D eigenvalue weighted by atomic mass is 9.90. The van der Waals surface area contributed by atoms with E-state index in [4.69, 9.17) is 0 Å². The van der Waals surface area contributed by atoms with Crippen LogP contribution < -0.4 is 10.2 Å². The lowest BCUT2D eigenvalue weighted by Crippen LogP contribution is -2.30. The van der Waals surface area contributed by atoms with Gasteiger partial charge in [0, 0.05) is 25.0 Å². The molecule has 0 bridgehead atoms. The zero-order valence-electron chi connectivity index (χ0n) is 13.1. The van der Waals surface area contributed by atoms with E-state index in [0.29, 0.717) is 6.04 Å². The lowest BCUT2D eigenvalue weighted by molar-refractivity contribution is 0.453. The normalized spacial score (nSPS) is 20.5. The average Bonchev–Trinajstić information content (AvgIpc) is 3.39. The van der Waals surface area contributed by atoms with E-state index in [9.17, 15) is 0 Å². The lowest BCUT2D eigenvalue weighted by Gasteiger charge is -2.29. The van der Waals surface area contributed by atoms with Gasteiger partial charge in [-0.3, -0.25) is 0 Å². The molecule has 1 aliphatic carbocycles. The minimum atomic E-state index is 0.535. The Bertz CT molecular complexity index is 649. The predicted molar refractivity (Wildman–Crippen MR) is 90.5 cm³/mol. The van der Waals surface area contributed by atoms with Crippen LogP contribution in [0.15, 0.2) is 42.6 Å². The number of pyridine rings is 1. The zero-order chi connectivity index (χ0) is 14.9. The summed E-state index contributed by atoms with van der Waals surface area (Å²) in [7, 11) is 2.09. The van der Waals surface area contributed by atoms with Gasteiger partial charge in [-0.2, -0.15) is 0 Å². The maximum Gasteiger partial charge on any atom is 0.132 e. The van der Waals surface area contributed by atoms with Crippen molar-refractivity contribution in [1.29, 1.82) is 0 Å². The number of benzene rings is 1. The monoisotopic (exact) mass is 293 g/mol. The van der Waals surface area contributed by atoms with Gasteiger partial charge in [-0.25, -0.2) is 4.98 Å². The number of nitrogens with zero attached hydrogens (tertiary/aromatic N) is 2. The van der Waals surface area contributed by atoms with Crippen LogP contribution in [-0.4, -0.2) is 18.6 Å². The SMILES string of the molecule is CN(c1ccc2c(c1)C(CC1CC1)NCC2)c1ccccn1. The molecule has 2 aliphatic rings. The minimum absolute atomic E-state index is 0.535. The Labute approximate surface area is 132 Å². The van der Waals surface area contributed by atoms with E-state index in [-0.39, 0.29) is 0 Å². The van der Waals surface area contributed by atoms with Crippen LogP contribution in [-0.2, 0) is 6.42 Å². The van der Waals surface area contributed by atoms with Gasteiger partial charge in [-0.1, -0.05) is 25.0 Å². The summed E-state index contributed by atoms with van der Waals surface area (Å²) in [5.41, 5.74) is 4.24. The van der Waals surface area contributed by atoms with E-state index in [1.54, 1.807) is 0 Å². The highest BCUT2D eigenvalue weighted by molar-refractivity contribution is 5.61. The fourth-order valence-electron chi connectivity index (χ4n) is 3.42. The number of rotatable bonds is 4. The second-order valence-corrected chi connectivity index (χ2v) is 6.57. The fourth-order valence-corrected chi connectivity index (χ4v) is 3.42. The van der Waals surface area contributed by atoms with Crippen LogP contribution in [0.5, 0.6) is 0 Å². The van der Waals surface area contributed by atoms with Crippen molar-refractivity contribution in [2.75, 3.05) is 18.5 Å². The Hall–Kier alpha value is -1.87. The van der Waals surface area contributed by atoms with Crippen molar-refractivity contribution >= 4 is 11.5 Å². The van der Waals surface area contributed by atoms with Crippen LogP contribution in [0.3, 0.4) is 0 Å². The molecule has 3 nitrogen and oxygen atoms in total. The first-order chi connectivity index (χ1) is 10.8. The van der Waals surface area contributed by atoms with Crippen LogP contribution in [0.4, 0.5) is 11.5 Å². The van der Waals surface area contributed by atoms with Crippen LogP contribution >= 0.6 is 0 Å². The molecular formula is C19H23N3. The Balaban J connectivity index is 1.64. The molecule has 3 heteroatoms. The van der Waals surface area contributed by atoms with Gasteiger partial charge < -0.3 is 10.2 Å². The third-order valence-electron chi connectivity index (χ3n) is 4.94. The second-order valence-electron chi connectivity index (χ2n) is 6.57. The summed E-state index contributed by atoms with van der Waals surface area (Å²) in [6.45, 7) is 1.11. The van der Waals surface area contributed by atoms with E-state index in [0.717, 1.165) is 24.7 Å². The summed E-state index contributed by atoms with van der Waals surface area (Å²) >= 11 is 0. The quantitative estimate of drug-likeness (QED) is 0.928. The van der Waals surface area contributed by atoms with E-state index < -0.39 is 0 Å². The highest BCUT2D eigenvalue weighted by Gasteiger charge is 2.29. The molecule has 1 aliphatic heterocycles. The molecule has 2 aromatic rings. The molecule has 4 rings (SSSR count). The smallest absolute Gasteiger partial charge is 0.132 e. The van der Waals surface area contributed by atoms with Crippen molar-refractivity contribution in [3.8, 4) is 0 Å². The molecule has 0 radical (unpaired) electrons. The summed E-state index contributed by atoms with van der Waals surface area (Å²) in [6.07, 6.45) is 7.12. The number of hydrogen-bond acceptors (Lipinski definition) is 3. The van der Waals surface area contributed by atoms with E-state index in [1.165, 1.54) is 36.1 Å². The van der Waals surface area contributed by atoms with Crippen molar-refractivity contribution in [3.05, 3.63) is 53.7 Å². The maximum atomic E-state index is 4.45. The maximum absolute atomic E-state index is 4.45. The molecule has 1 atom stereocenters. The topological polar surface area (TPSA) is 28.2 Å². The van der Waals surface area contributed by atoms with Crippen molar-refractivity contribution < 1.29 is 0 Å². The van der Waals surface area contributed by atoms with Gasteiger partial charge in [0.25, 0.3) is 0 Å². The number of aromatic nitrogens is 1. The van der Waals surface area contributed by atoms with Crippen LogP contribution in [0.2, 0.25) is 0 Å². The molecule has 2 heterocycles. The number of fused-ring (bicyclic) bond motifs is 1. The molecule has 1 saturated carbocycles. The van der Waals surface area contributed by atoms with Gasteiger partial charge in [0.1, 0.15) is 5.82 Å². The molecule has 1 aromatic heterocycles. The van der Waals surface area contributed by atoms with Gasteiger partial charge in [-0.05, 0) is 60.7 Å². The fraction of sp³-hybridized carbons (Fsp3) is 0.421. The Morgan fingerprint density at radius 2 is 2.14 bits per heavy atom. The van der Waals surface area contributed by atoms with Crippen molar-refractivity contribution in [2.24, 2.45) is 5.92 Å². The van der Waals surface area contributed by atoms with Crippen LogP contribution in [0.1, 0.15) is 36.4 Å². The molecule has 1 unspecified atom stereocenters. The van der Waals surface area contributed by atoms with E-state index in [2.05, 4.69) is 46.5 Å². The molecule has 0 saturated heterocycles. The highest BCUT2D eigenvalue weighted by atomic mass is 15.2. The number of nitrogens with one attached hydrogen (secondary N) is 1. The molecular weight excluding hydrogens is 270 g/mol. The van der Waals surface area contributed by atoms with Crippen molar-refractivity contribution in [3.63, 3.8) is 0 Å². The van der Waals surface area contributed by atoms with Crippen LogP contribution in [0, 0.1) is 5.92 Å². The molecule has 1 aromatic carbocycles. The summed E-state index contributed by atoms with van der Waals surface area (Å²) in [5.74, 6) is 1.94. The summed E-state index contributed by atoms with van der Waals surface area (Å²) < 4.78 is 0. The van der Waals surface area contributed by atoms with Crippen LogP contribution in [0.25, 0.3) is 0 Å². The Morgan fingerprint density at radius 3 is 2.91 bits per heavy atom. The molecule has 22 heavy (non-hydrogen) atoms. The van der Waals surface area contributed by atoms with Crippen molar-refractivity contribution in [2.45, 2.75) is 31.7 Å². The molecule has 114 valence electrons. The Morgan fingerprint density at radius 1 is 1.23 bits per heavy atom. The van der Waals surface area contributed by atoms with Gasteiger partial charge >= 0.3 is 0 Å². The van der Waals surface area contributed by atoms with Gasteiger partial charge in [0.2, 0.25) is 0 Å². The first-order valence-electron chi connectivity index (χ1n) is 8.32. The Kier molecular flexibility index (Phi) is 3.59. The summed E-state index contributed by atoms with van der Waals surface area (Å²) in [6, 6.07) is 13.5. The van der Waals surface area contributed by atoms with Gasteiger partial charge in [0.15, 0.2) is 0 Å². The largest absolute Gasteiger partial charge is 0.329 e.